The highest BCUT2D eigenvalue weighted by atomic mass is 16.5. The Bertz CT molecular complexity index is 1710. The van der Waals surface area contributed by atoms with Crippen LogP contribution in [0.4, 0.5) is 0 Å². The second-order valence-corrected chi connectivity index (χ2v) is 14.7. The van der Waals surface area contributed by atoms with Crippen molar-refractivity contribution in [3.8, 4) is 0 Å². The summed E-state index contributed by atoms with van der Waals surface area (Å²) in [6, 6.07) is 40.6. The molecule has 0 fully saturated rings. The third-order valence-electron chi connectivity index (χ3n) is 10.2. The van der Waals surface area contributed by atoms with Crippen molar-refractivity contribution >= 4 is 0 Å². The molecule has 0 saturated heterocycles. The Hall–Kier alpha value is -4.36. The summed E-state index contributed by atoms with van der Waals surface area (Å²) in [4.78, 5) is 0. The Morgan fingerprint density at radius 1 is 0.473 bits per heavy atom. The lowest BCUT2D eigenvalue weighted by Crippen LogP contribution is -2.26. The van der Waals surface area contributed by atoms with E-state index in [2.05, 4.69) is 99.7 Å². The van der Waals surface area contributed by atoms with Crippen LogP contribution in [0.1, 0.15) is 112 Å². The van der Waals surface area contributed by atoms with Gasteiger partial charge in [0.1, 0.15) is 0 Å². The zero-order valence-corrected chi connectivity index (χ0v) is 33.5. The highest BCUT2D eigenvalue weighted by Gasteiger charge is 2.21. The summed E-state index contributed by atoms with van der Waals surface area (Å²) in [5, 5.41) is 0. The van der Waals surface area contributed by atoms with Crippen molar-refractivity contribution in [2.75, 3.05) is 26.4 Å². The maximum Gasteiger partial charge on any atom is 0.0679 e. The molecule has 0 saturated carbocycles. The topological polar surface area (TPSA) is 96.5 Å². The molecule has 2 aliphatic carbocycles. The third kappa shape index (κ3) is 15.7. The van der Waals surface area contributed by atoms with Crippen molar-refractivity contribution in [2.24, 2.45) is 17.2 Å². The van der Waals surface area contributed by atoms with Crippen molar-refractivity contribution < 1.29 is 9.47 Å². The zero-order valence-electron chi connectivity index (χ0n) is 33.5. The minimum atomic E-state index is -0.163. The molecule has 0 spiro atoms. The number of rotatable bonds is 16. The lowest BCUT2D eigenvalue weighted by Gasteiger charge is -2.25. The highest BCUT2D eigenvalue weighted by Crippen LogP contribution is 2.33. The van der Waals surface area contributed by atoms with Gasteiger partial charge in [0, 0.05) is 37.3 Å². The second kappa shape index (κ2) is 24.9. The molecule has 0 aromatic heterocycles. The summed E-state index contributed by atoms with van der Waals surface area (Å²) < 4.78 is 11.4. The quantitative estimate of drug-likeness (QED) is 0.0785. The largest absolute Gasteiger partial charge is 0.377 e. The highest BCUT2D eigenvalue weighted by molar-refractivity contribution is 5.29. The van der Waals surface area contributed by atoms with Gasteiger partial charge in [-0.1, -0.05) is 164 Å². The molecule has 0 radical (unpaired) electrons. The molecule has 4 aromatic rings. The van der Waals surface area contributed by atoms with E-state index in [4.69, 9.17) is 26.7 Å². The molecular weight excluding hydrogens is 675 g/mol. The van der Waals surface area contributed by atoms with Crippen LogP contribution in [0.5, 0.6) is 0 Å². The summed E-state index contributed by atoms with van der Waals surface area (Å²) in [7, 11) is 0. The normalized spacial score (nSPS) is 16.0. The van der Waals surface area contributed by atoms with Gasteiger partial charge >= 0.3 is 0 Å². The molecule has 6 rings (SSSR count). The molecule has 4 atom stereocenters. The Balaban J connectivity index is 0.000000203. The monoisotopic (exact) mass is 740 g/mol. The van der Waals surface area contributed by atoms with Gasteiger partial charge in [0.15, 0.2) is 0 Å². The van der Waals surface area contributed by atoms with Crippen molar-refractivity contribution in [3.05, 3.63) is 190 Å². The first-order chi connectivity index (χ1) is 26.9. The standard InChI is InChI=1S/C25H31NO.C14H16N2.C11H18O/c1-20-14-16-21(17-15-20)19-27-18-8-13-24(22-9-4-2-5-10-22)25(26)23-11-6-3-7-12-23;15-13(11-7-3-1-4-8-11)14(16)12-9-5-2-6-10-12;1-3-8-12-9-11-6-4-10(2)5-7-11/h2-7,9-12,14,17,24-25H,8,13,15-16,18-19,26H2,1H3;1-10,13-14H,15-16H2;4,7H,3,5-6,8-9H2,1-2H3/t24-,25-;13-,14-;/m11./s1. The zero-order chi connectivity index (χ0) is 39.1. The molecule has 0 bridgehead atoms. The molecule has 0 heterocycles. The molecule has 6 N–H and O–H groups in total. The second-order valence-electron chi connectivity index (χ2n) is 14.7. The van der Waals surface area contributed by atoms with Crippen LogP contribution in [0.15, 0.2) is 168 Å². The first-order valence-corrected chi connectivity index (χ1v) is 20.1. The maximum atomic E-state index is 6.66. The van der Waals surface area contributed by atoms with Crippen LogP contribution in [0.25, 0.3) is 0 Å². The molecular formula is C50H65N3O2. The summed E-state index contributed by atoms with van der Waals surface area (Å²) in [6.07, 6.45) is 16.7. The first-order valence-electron chi connectivity index (χ1n) is 20.1. The number of benzene rings is 4. The fourth-order valence-corrected chi connectivity index (χ4v) is 6.67. The van der Waals surface area contributed by atoms with E-state index in [9.17, 15) is 0 Å². The van der Waals surface area contributed by atoms with E-state index in [-0.39, 0.29) is 18.1 Å². The van der Waals surface area contributed by atoms with E-state index in [1.54, 1.807) is 0 Å². The average Bonchev–Trinajstić information content (AvgIpc) is 3.24. The van der Waals surface area contributed by atoms with E-state index < -0.39 is 0 Å². The molecule has 4 aromatic carbocycles. The van der Waals surface area contributed by atoms with E-state index in [1.165, 1.54) is 33.4 Å². The number of allylic oxidation sites excluding steroid dienone is 6. The predicted octanol–water partition coefficient (Wildman–Crippen LogP) is 11.4. The van der Waals surface area contributed by atoms with Gasteiger partial charge in [-0.3, -0.25) is 0 Å². The fourth-order valence-electron chi connectivity index (χ4n) is 6.67. The first kappa shape index (κ1) is 43.4. The van der Waals surface area contributed by atoms with Gasteiger partial charge in [0.25, 0.3) is 0 Å². The SMILES string of the molecule is CC1=CCC(COCCC[C@H](c2ccccc2)[C@H](N)c2ccccc2)=CC1.CCCOCC1=CCC(C)=CC1.N[C@H](c1ccccc1)[C@H](N)c1ccccc1. The Morgan fingerprint density at radius 3 is 1.24 bits per heavy atom. The Morgan fingerprint density at radius 2 is 0.855 bits per heavy atom. The van der Waals surface area contributed by atoms with Crippen LogP contribution in [-0.4, -0.2) is 26.4 Å². The number of hydrogen-bond donors (Lipinski definition) is 3. The number of ether oxygens (including phenoxy) is 2. The van der Waals surface area contributed by atoms with Gasteiger partial charge in [-0.2, -0.15) is 0 Å². The Labute approximate surface area is 332 Å². The lowest BCUT2D eigenvalue weighted by atomic mass is 9.84. The van der Waals surface area contributed by atoms with Gasteiger partial charge in [-0.15, -0.1) is 0 Å². The van der Waals surface area contributed by atoms with E-state index in [1.807, 2.05) is 66.7 Å². The van der Waals surface area contributed by atoms with Gasteiger partial charge < -0.3 is 26.7 Å². The van der Waals surface area contributed by atoms with Crippen LogP contribution in [-0.2, 0) is 9.47 Å². The molecule has 2 aliphatic rings. The fraction of sp³-hybridized carbons (Fsp3) is 0.360. The smallest absolute Gasteiger partial charge is 0.0679 e. The van der Waals surface area contributed by atoms with Crippen LogP contribution < -0.4 is 17.2 Å². The van der Waals surface area contributed by atoms with Crippen molar-refractivity contribution in [1.29, 1.82) is 0 Å². The van der Waals surface area contributed by atoms with Crippen LogP contribution in [0.2, 0.25) is 0 Å². The molecule has 0 aliphatic heterocycles. The average molecular weight is 740 g/mol. The minimum Gasteiger partial charge on any atom is -0.377 e. The van der Waals surface area contributed by atoms with Crippen molar-refractivity contribution in [2.45, 2.75) is 89.8 Å². The molecule has 55 heavy (non-hydrogen) atoms. The van der Waals surface area contributed by atoms with E-state index >= 15 is 0 Å². The lowest BCUT2D eigenvalue weighted by molar-refractivity contribution is 0.147. The van der Waals surface area contributed by atoms with Crippen LogP contribution in [0.3, 0.4) is 0 Å². The molecule has 0 amide bonds. The predicted molar refractivity (Wildman–Crippen MR) is 233 cm³/mol. The summed E-state index contributed by atoms with van der Waals surface area (Å²) in [5.41, 5.74) is 29.4. The van der Waals surface area contributed by atoms with Crippen molar-refractivity contribution in [3.63, 3.8) is 0 Å². The van der Waals surface area contributed by atoms with Crippen LogP contribution >= 0.6 is 0 Å². The third-order valence-corrected chi connectivity index (χ3v) is 10.2. The molecule has 0 unspecified atom stereocenters. The van der Waals surface area contributed by atoms with Crippen LogP contribution in [0, 0.1) is 0 Å². The molecule has 5 nitrogen and oxygen atoms in total. The Kier molecular flexibility index (Phi) is 19.7. The van der Waals surface area contributed by atoms with E-state index in [0.717, 1.165) is 82.5 Å². The summed E-state index contributed by atoms with van der Waals surface area (Å²) in [5.74, 6) is 0.302. The summed E-state index contributed by atoms with van der Waals surface area (Å²) >= 11 is 0. The maximum absolute atomic E-state index is 6.66. The number of hydrogen-bond acceptors (Lipinski definition) is 5. The van der Waals surface area contributed by atoms with E-state index in [0.29, 0.717) is 5.92 Å². The summed E-state index contributed by atoms with van der Waals surface area (Å²) in [6.45, 7) is 9.76. The van der Waals surface area contributed by atoms with Gasteiger partial charge in [-0.05, 0) is 92.2 Å². The van der Waals surface area contributed by atoms with Gasteiger partial charge in [0.2, 0.25) is 0 Å². The molecule has 292 valence electrons. The number of nitrogens with two attached hydrogens (primary N) is 3. The van der Waals surface area contributed by atoms with Gasteiger partial charge in [0.05, 0.1) is 13.2 Å². The minimum absolute atomic E-state index is 0.00256. The van der Waals surface area contributed by atoms with Crippen molar-refractivity contribution in [1.82, 2.24) is 0 Å². The van der Waals surface area contributed by atoms with Gasteiger partial charge in [-0.25, -0.2) is 0 Å². The molecule has 5 heteroatoms.